The molecule has 8 heteroatoms. The molecule has 0 bridgehead atoms. The third-order valence-corrected chi connectivity index (χ3v) is 3.31. The quantitative estimate of drug-likeness (QED) is 0.874. The van der Waals surface area contributed by atoms with Gasteiger partial charge in [-0.15, -0.1) is 11.3 Å². The van der Waals surface area contributed by atoms with Crippen molar-refractivity contribution in [3.63, 3.8) is 0 Å². The Labute approximate surface area is 125 Å². The zero-order chi connectivity index (χ0) is 15.1. The molecular formula is C13H14N4O3S. The third-order valence-electron chi connectivity index (χ3n) is 2.50. The van der Waals surface area contributed by atoms with Crippen molar-refractivity contribution in [2.24, 2.45) is 0 Å². The van der Waals surface area contributed by atoms with E-state index in [1.54, 1.807) is 17.8 Å². The molecule has 0 aliphatic carbocycles. The predicted molar refractivity (Wildman–Crippen MR) is 77.9 cm³/mol. The van der Waals surface area contributed by atoms with Crippen molar-refractivity contribution in [1.82, 2.24) is 15.3 Å². The van der Waals surface area contributed by atoms with Crippen molar-refractivity contribution in [3.05, 3.63) is 41.2 Å². The molecule has 0 radical (unpaired) electrons. The fraction of sp³-hybridized carbons (Fsp3) is 0.231. The van der Waals surface area contributed by atoms with Crippen LogP contribution in [0, 0.1) is 0 Å². The standard InChI is InChI=1S/C13H14N4O3S/c1-20-13(19)17-12-16-10(8-21-12)5-11(18)15-7-9-3-2-4-14-6-9/h2-4,6,8H,5,7H2,1H3,(H,15,18)(H,16,17,19). The summed E-state index contributed by atoms with van der Waals surface area (Å²) in [6, 6.07) is 3.70. The minimum absolute atomic E-state index is 0.145. The molecular weight excluding hydrogens is 292 g/mol. The zero-order valence-electron chi connectivity index (χ0n) is 11.3. The van der Waals surface area contributed by atoms with Gasteiger partial charge in [0.05, 0.1) is 19.2 Å². The van der Waals surface area contributed by atoms with Crippen LogP contribution in [0.4, 0.5) is 9.93 Å². The number of methoxy groups -OCH3 is 1. The lowest BCUT2D eigenvalue weighted by Gasteiger charge is -2.03. The van der Waals surface area contributed by atoms with Gasteiger partial charge in [-0.1, -0.05) is 6.07 Å². The van der Waals surface area contributed by atoms with E-state index in [1.165, 1.54) is 18.4 Å². The fourth-order valence-corrected chi connectivity index (χ4v) is 2.21. The molecule has 2 heterocycles. The van der Waals surface area contributed by atoms with Crippen molar-refractivity contribution in [2.45, 2.75) is 13.0 Å². The minimum Gasteiger partial charge on any atom is -0.453 e. The highest BCUT2D eigenvalue weighted by atomic mass is 32.1. The number of anilines is 1. The van der Waals surface area contributed by atoms with E-state index in [2.05, 4.69) is 25.3 Å². The van der Waals surface area contributed by atoms with Gasteiger partial charge in [0.2, 0.25) is 5.91 Å². The van der Waals surface area contributed by atoms with Gasteiger partial charge >= 0.3 is 6.09 Å². The minimum atomic E-state index is -0.586. The molecule has 0 fully saturated rings. The molecule has 2 aromatic heterocycles. The van der Waals surface area contributed by atoms with Crippen molar-refractivity contribution in [2.75, 3.05) is 12.4 Å². The van der Waals surface area contributed by atoms with Crippen LogP contribution in [0.15, 0.2) is 29.9 Å². The second-order valence-electron chi connectivity index (χ2n) is 4.08. The number of pyridine rings is 1. The second kappa shape index (κ2) is 7.34. The molecule has 0 unspecified atom stereocenters. The van der Waals surface area contributed by atoms with Gasteiger partial charge in [-0.2, -0.15) is 0 Å². The summed E-state index contributed by atoms with van der Waals surface area (Å²) in [7, 11) is 1.27. The van der Waals surface area contributed by atoms with Crippen LogP contribution >= 0.6 is 11.3 Å². The molecule has 0 aliphatic heterocycles. The molecule has 2 N–H and O–H groups in total. The van der Waals surface area contributed by atoms with Crippen molar-refractivity contribution in [3.8, 4) is 0 Å². The Kier molecular flexibility index (Phi) is 5.22. The Bertz CT molecular complexity index is 615. The molecule has 0 aliphatic rings. The average Bonchev–Trinajstić information content (AvgIpc) is 2.93. The van der Waals surface area contributed by atoms with E-state index < -0.39 is 6.09 Å². The Morgan fingerprint density at radius 2 is 2.29 bits per heavy atom. The van der Waals surface area contributed by atoms with Crippen LogP contribution in [-0.4, -0.2) is 29.1 Å². The largest absolute Gasteiger partial charge is 0.453 e. The van der Waals surface area contributed by atoms with Crippen LogP contribution in [0.5, 0.6) is 0 Å². The first kappa shape index (κ1) is 14.9. The molecule has 110 valence electrons. The molecule has 0 saturated heterocycles. The topological polar surface area (TPSA) is 93.2 Å². The molecule has 0 atom stereocenters. The van der Waals surface area contributed by atoms with Gasteiger partial charge in [0.25, 0.3) is 0 Å². The lowest BCUT2D eigenvalue weighted by Crippen LogP contribution is -2.24. The molecule has 2 aromatic rings. The van der Waals surface area contributed by atoms with Gasteiger partial charge in [-0.25, -0.2) is 9.78 Å². The summed E-state index contributed by atoms with van der Waals surface area (Å²) in [6.45, 7) is 0.421. The van der Waals surface area contributed by atoms with Gasteiger partial charge < -0.3 is 10.1 Å². The number of hydrogen-bond acceptors (Lipinski definition) is 6. The van der Waals surface area contributed by atoms with Crippen molar-refractivity contribution < 1.29 is 14.3 Å². The number of ether oxygens (including phenoxy) is 1. The maximum absolute atomic E-state index is 11.8. The van der Waals surface area contributed by atoms with Gasteiger partial charge in [0.15, 0.2) is 5.13 Å². The van der Waals surface area contributed by atoms with Crippen LogP contribution in [0.3, 0.4) is 0 Å². The van der Waals surface area contributed by atoms with Crippen LogP contribution in [0.1, 0.15) is 11.3 Å². The SMILES string of the molecule is COC(=O)Nc1nc(CC(=O)NCc2cccnc2)cs1. The van der Waals surface area contributed by atoms with Gasteiger partial charge in [0.1, 0.15) is 0 Å². The summed E-state index contributed by atoms with van der Waals surface area (Å²) < 4.78 is 4.46. The molecule has 0 spiro atoms. The number of carbonyl (C=O) groups is 2. The molecule has 0 aromatic carbocycles. The highest BCUT2D eigenvalue weighted by molar-refractivity contribution is 7.13. The molecule has 0 saturated carbocycles. The van der Waals surface area contributed by atoms with Crippen LogP contribution in [0.25, 0.3) is 0 Å². The van der Waals surface area contributed by atoms with Gasteiger partial charge in [-0.3, -0.25) is 15.1 Å². The number of thiazole rings is 1. The van der Waals surface area contributed by atoms with E-state index in [0.717, 1.165) is 5.56 Å². The highest BCUT2D eigenvalue weighted by Crippen LogP contribution is 2.15. The van der Waals surface area contributed by atoms with Crippen LogP contribution < -0.4 is 10.6 Å². The Morgan fingerprint density at radius 1 is 1.43 bits per heavy atom. The molecule has 2 amide bonds. The number of nitrogens with one attached hydrogen (secondary N) is 2. The third kappa shape index (κ3) is 4.84. The first-order chi connectivity index (χ1) is 10.2. The summed E-state index contributed by atoms with van der Waals surface area (Å²) in [6.07, 6.45) is 2.94. The smallest absolute Gasteiger partial charge is 0.413 e. The normalized spacial score (nSPS) is 9.95. The average molecular weight is 306 g/mol. The van der Waals surface area contributed by atoms with E-state index in [0.29, 0.717) is 17.4 Å². The summed E-state index contributed by atoms with van der Waals surface area (Å²) in [5.74, 6) is -0.145. The molecule has 7 nitrogen and oxygen atoms in total. The molecule has 2 rings (SSSR count). The summed E-state index contributed by atoms with van der Waals surface area (Å²) >= 11 is 1.24. The van der Waals surface area contributed by atoms with Crippen LogP contribution in [0.2, 0.25) is 0 Å². The number of aromatic nitrogens is 2. The zero-order valence-corrected chi connectivity index (χ0v) is 12.1. The number of amides is 2. The first-order valence-electron chi connectivity index (χ1n) is 6.12. The maximum Gasteiger partial charge on any atom is 0.413 e. The monoisotopic (exact) mass is 306 g/mol. The van der Waals surface area contributed by atoms with Crippen molar-refractivity contribution >= 4 is 28.5 Å². The maximum atomic E-state index is 11.8. The predicted octanol–water partition coefficient (Wildman–Crippen LogP) is 1.58. The second-order valence-corrected chi connectivity index (χ2v) is 4.93. The summed E-state index contributed by atoms with van der Waals surface area (Å²) in [5, 5.41) is 7.35. The van der Waals surface area contributed by atoms with E-state index >= 15 is 0 Å². The Hall–Kier alpha value is -2.48. The van der Waals surface area contributed by atoms with E-state index in [4.69, 9.17) is 0 Å². The van der Waals surface area contributed by atoms with E-state index in [1.807, 2.05) is 12.1 Å². The van der Waals surface area contributed by atoms with Gasteiger partial charge in [0, 0.05) is 24.3 Å². The fourth-order valence-electron chi connectivity index (χ4n) is 1.51. The van der Waals surface area contributed by atoms with E-state index in [-0.39, 0.29) is 12.3 Å². The van der Waals surface area contributed by atoms with Gasteiger partial charge in [-0.05, 0) is 11.6 Å². The summed E-state index contributed by atoms with van der Waals surface area (Å²) in [4.78, 5) is 30.9. The number of rotatable bonds is 5. The van der Waals surface area contributed by atoms with Crippen molar-refractivity contribution in [1.29, 1.82) is 0 Å². The van der Waals surface area contributed by atoms with E-state index in [9.17, 15) is 9.59 Å². The number of hydrogen-bond donors (Lipinski definition) is 2. The number of nitrogens with zero attached hydrogens (tertiary/aromatic N) is 2. The molecule has 21 heavy (non-hydrogen) atoms. The lowest BCUT2D eigenvalue weighted by molar-refractivity contribution is -0.120. The first-order valence-corrected chi connectivity index (χ1v) is 7.00. The Balaban J connectivity index is 1.81. The number of carbonyl (C=O) groups excluding carboxylic acids is 2. The lowest BCUT2D eigenvalue weighted by atomic mass is 10.2. The van der Waals surface area contributed by atoms with Crippen LogP contribution in [-0.2, 0) is 22.5 Å². The highest BCUT2D eigenvalue weighted by Gasteiger charge is 2.09. The Morgan fingerprint density at radius 3 is 3.00 bits per heavy atom. The summed E-state index contributed by atoms with van der Waals surface area (Å²) in [5.41, 5.74) is 1.52.